The molecule has 1 atom stereocenters. The van der Waals surface area contributed by atoms with E-state index in [1.165, 1.54) is 18.3 Å². The molecular formula is C23H16F5N5O3. The first kappa shape index (κ1) is 24.7. The minimum atomic E-state index is -3.26. The molecule has 1 unspecified atom stereocenters. The van der Waals surface area contributed by atoms with Gasteiger partial charge in [-0.15, -0.1) is 0 Å². The molecule has 0 spiro atoms. The number of benzene rings is 1. The Bertz CT molecular complexity index is 1360. The molecule has 186 valence electrons. The lowest BCUT2D eigenvalue weighted by Gasteiger charge is -2.18. The van der Waals surface area contributed by atoms with Crippen molar-refractivity contribution in [2.45, 2.75) is 26.2 Å². The van der Waals surface area contributed by atoms with Gasteiger partial charge in [-0.3, -0.25) is 9.78 Å². The highest BCUT2D eigenvalue weighted by Crippen LogP contribution is 2.28. The third kappa shape index (κ3) is 5.79. The molecule has 36 heavy (non-hydrogen) atoms. The van der Waals surface area contributed by atoms with Gasteiger partial charge in [-0.05, 0) is 43.3 Å². The number of amides is 1. The number of fused-ring (bicyclic) bond motifs is 1. The number of halogens is 5. The summed E-state index contributed by atoms with van der Waals surface area (Å²) in [6.45, 7) is -4.96. The van der Waals surface area contributed by atoms with E-state index in [1.54, 1.807) is 19.1 Å². The first-order valence-corrected chi connectivity index (χ1v) is 10.3. The average Bonchev–Trinajstić information content (AvgIpc) is 2.82. The largest absolute Gasteiger partial charge is 0.435 e. The number of carbonyl (C=O) groups excluding carboxylic acids is 1. The number of nitrogens with one attached hydrogen (secondary N) is 1. The minimum Gasteiger partial charge on any atom is -0.435 e. The van der Waals surface area contributed by atoms with E-state index in [0.717, 1.165) is 24.4 Å². The second-order valence-electron chi connectivity index (χ2n) is 7.31. The van der Waals surface area contributed by atoms with E-state index < -0.39 is 42.5 Å². The molecule has 0 aliphatic carbocycles. The lowest BCUT2D eigenvalue weighted by Crippen LogP contribution is -2.28. The van der Waals surface area contributed by atoms with Crippen molar-refractivity contribution in [1.82, 2.24) is 25.3 Å². The molecule has 0 saturated heterocycles. The van der Waals surface area contributed by atoms with Crippen molar-refractivity contribution in [2.24, 2.45) is 0 Å². The van der Waals surface area contributed by atoms with Crippen molar-refractivity contribution in [3.8, 4) is 22.9 Å². The molecule has 0 fully saturated rings. The van der Waals surface area contributed by atoms with Gasteiger partial charge in [-0.1, -0.05) is 0 Å². The Balaban J connectivity index is 1.69. The predicted octanol–water partition coefficient (Wildman–Crippen LogP) is 4.92. The average molecular weight is 505 g/mol. The number of hydrogen-bond donors (Lipinski definition) is 1. The summed E-state index contributed by atoms with van der Waals surface area (Å²) in [4.78, 5) is 30.1. The number of alkyl halides is 4. The highest BCUT2D eigenvalue weighted by Gasteiger charge is 2.22. The molecule has 3 heterocycles. The predicted molar refractivity (Wildman–Crippen MR) is 116 cm³/mol. The minimum absolute atomic E-state index is 0.220. The molecule has 4 aromatic rings. The maximum Gasteiger partial charge on any atom is 0.387 e. The van der Waals surface area contributed by atoms with Gasteiger partial charge in [-0.2, -0.15) is 17.6 Å². The second kappa shape index (κ2) is 10.5. The van der Waals surface area contributed by atoms with Crippen molar-refractivity contribution >= 4 is 17.1 Å². The maximum atomic E-state index is 13.4. The van der Waals surface area contributed by atoms with Crippen LogP contribution in [0.3, 0.4) is 0 Å². The summed E-state index contributed by atoms with van der Waals surface area (Å²) < 4.78 is 72.6. The summed E-state index contributed by atoms with van der Waals surface area (Å²) in [5.74, 6) is -2.49. The number of nitrogens with zero attached hydrogens (tertiary/aromatic N) is 4. The number of carbonyl (C=O) groups is 1. The Morgan fingerprint density at radius 3 is 2.25 bits per heavy atom. The van der Waals surface area contributed by atoms with E-state index in [1.807, 2.05) is 0 Å². The van der Waals surface area contributed by atoms with Crippen LogP contribution in [0.1, 0.15) is 29.0 Å². The lowest BCUT2D eigenvalue weighted by molar-refractivity contribution is -0.0543. The highest BCUT2D eigenvalue weighted by molar-refractivity contribution is 5.95. The fourth-order valence-corrected chi connectivity index (χ4v) is 3.31. The van der Waals surface area contributed by atoms with Gasteiger partial charge in [0, 0.05) is 17.8 Å². The van der Waals surface area contributed by atoms with Gasteiger partial charge in [-0.25, -0.2) is 19.3 Å². The van der Waals surface area contributed by atoms with E-state index in [0.29, 0.717) is 5.52 Å². The monoisotopic (exact) mass is 505 g/mol. The topological polar surface area (TPSA) is 99.1 Å². The third-order valence-electron chi connectivity index (χ3n) is 4.79. The summed E-state index contributed by atoms with van der Waals surface area (Å²) in [6, 6.07) is 7.72. The SMILES string of the molecule is CC(NC(=O)c1cc(OC(F)F)cc(OC(F)F)c1)c1nc2ncccc2nc1-c1ccc(F)cn1. The Morgan fingerprint density at radius 1 is 0.944 bits per heavy atom. The normalized spacial score (nSPS) is 12.1. The molecule has 0 bridgehead atoms. The van der Waals surface area contributed by atoms with Gasteiger partial charge >= 0.3 is 13.2 Å². The Hall–Kier alpha value is -4.42. The zero-order valence-electron chi connectivity index (χ0n) is 18.3. The number of ether oxygens (including phenoxy) is 2. The molecule has 1 amide bonds. The van der Waals surface area contributed by atoms with Crippen LogP contribution < -0.4 is 14.8 Å². The van der Waals surface area contributed by atoms with E-state index in [2.05, 4.69) is 34.7 Å². The fraction of sp³-hybridized carbons (Fsp3) is 0.174. The molecule has 0 aliphatic rings. The Morgan fingerprint density at radius 2 is 1.64 bits per heavy atom. The summed E-state index contributed by atoms with van der Waals surface area (Å²) >= 11 is 0. The van der Waals surface area contributed by atoms with E-state index in [9.17, 15) is 26.7 Å². The second-order valence-corrected chi connectivity index (χ2v) is 7.31. The van der Waals surface area contributed by atoms with Crippen molar-refractivity contribution < 1.29 is 36.2 Å². The first-order chi connectivity index (χ1) is 17.2. The summed E-state index contributed by atoms with van der Waals surface area (Å²) in [5, 5.41) is 2.60. The van der Waals surface area contributed by atoms with E-state index in [4.69, 9.17) is 0 Å². The zero-order valence-corrected chi connectivity index (χ0v) is 18.3. The number of rotatable bonds is 8. The number of pyridine rings is 2. The van der Waals surface area contributed by atoms with Crippen LogP contribution in [0.2, 0.25) is 0 Å². The summed E-state index contributed by atoms with van der Waals surface area (Å²) in [6.07, 6.45) is 2.50. The highest BCUT2D eigenvalue weighted by atomic mass is 19.3. The van der Waals surface area contributed by atoms with Crippen LogP contribution >= 0.6 is 0 Å². The number of hydrogen-bond acceptors (Lipinski definition) is 7. The first-order valence-electron chi connectivity index (χ1n) is 10.3. The molecule has 1 N–H and O–H groups in total. The molecule has 0 radical (unpaired) electrons. The van der Waals surface area contributed by atoms with Crippen molar-refractivity contribution in [3.05, 3.63) is 71.9 Å². The summed E-state index contributed by atoms with van der Waals surface area (Å²) in [5.41, 5.74) is 1.12. The zero-order chi connectivity index (χ0) is 25.8. The van der Waals surface area contributed by atoms with Crippen molar-refractivity contribution in [3.63, 3.8) is 0 Å². The van der Waals surface area contributed by atoms with Gasteiger partial charge in [0.15, 0.2) is 5.65 Å². The Labute approximate surface area is 200 Å². The quantitative estimate of drug-likeness (QED) is 0.340. The third-order valence-corrected chi connectivity index (χ3v) is 4.79. The van der Waals surface area contributed by atoms with Gasteiger partial charge in [0.2, 0.25) is 0 Å². The molecule has 8 nitrogen and oxygen atoms in total. The van der Waals surface area contributed by atoms with Crippen LogP contribution in [0, 0.1) is 5.82 Å². The molecule has 3 aromatic heterocycles. The molecular weight excluding hydrogens is 489 g/mol. The fourth-order valence-electron chi connectivity index (χ4n) is 3.31. The van der Waals surface area contributed by atoms with Gasteiger partial charge in [0.05, 0.1) is 23.6 Å². The van der Waals surface area contributed by atoms with Gasteiger partial charge in [0.25, 0.3) is 5.91 Å². The maximum absolute atomic E-state index is 13.4. The summed E-state index contributed by atoms with van der Waals surface area (Å²) in [7, 11) is 0. The molecule has 13 heteroatoms. The van der Waals surface area contributed by atoms with E-state index in [-0.39, 0.29) is 28.3 Å². The Kier molecular flexibility index (Phi) is 7.17. The van der Waals surface area contributed by atoms with E-state index >= 15 is 0 Å². The molecule has 4 rings (SSSR count). The lowest BCUT2D eigenvalue weighted by atomic mass is 10.1. The van der Waals surface area contributed by atoms with Crippen LogP contribution in [0.5, 0.6) is 11.5 Å². The molecule has 1 aromatic carbocycles. The van der Waals surface area contributed by atoms with Crippen LogP contribution in [0.25, 0.3) is 22.6 Å². The van der Waals surface area contributed by atoms with Crippen LogP contribution in [0.15, 0.2) is 54.9 Å². The smallest absolute Gasteiger partial charge is 0.387 e. The van der Waals surface area contributed by atoms with Crippen LogP contribution in [-0.2, 0) is 0 Å². The molecule has 0 aliphatic heterocycles. The van der Waals surface area contributed by atoms with Gasteiger partial charge in [0.1, 0.15) is 28.5 Å². The van der Waals surface area contributed by atoms with Crippen LogP contribution in [0.4, 0.5) is 22.0 Å². The van der Waals surface area contributed by atoms with Gasteiger partial charge < -0.3 is 14.8 Å². The number of aromatic nitrogens is 4. The van der Waals surface area contributed by atoms with Crippen LogP contribution in [-0.4, -0.2) is 39.1 Å². The van der Waals surface area contributed by atoms with Crippen molar-refractivity contribution in [2.75, 3.05) is 0 Å². The standard InChI is InChI=1S/C23H16F5N5O3/c1-11(31-21(34)12-7-14(35-22(25)26)9-15(8-12)36-23(27)28)18-19(16-5-4-13(24)10-30-16)32-17-3-2-6-29-20(17)33-18/h2-11,22-23H,1H3,(H,31,34). The van der Waals surface area contributed by atoms with Crippen molar-refractivity contribution in [1.29, 1.82) is 0 Å². The molecule has 0 saturated carbocycles.